The Morgan fingerprint density at radius 2 is 1.69 bits per heavy atom. The van der Waals surface area contributed by atoms with E-state index in [2.05, 4.69) is 9.82 Å². The molecule has 2 aliphatic rings. The smallest absolute Gasteiger partial charge is 0.237 e. The van der Waals surface area contributed by atoms with Crippen molar-refractivity contribution in [3.8, 4) is 5.69 Å². The van der Waals surface area contributed by atoms with Gasteiger partial charge in [-0.3, -0.25) is 0 Å². The lowest BCUT2D eigenvalue weighted by Gasteiger charge is -2.15. The Hall–Kier alpha value is -1.87. The molecule has 4 rings (SSSR count). The molecule has 1 aromatic carbocycles. The quantitative estimate of drug-likeness (QED) is 0.780. The maximum Gasteiger partial charge on any atom is 0.435 e. The van der Waals surface area contributed by atoms with Crippen molar-refractivity contribution >= 4 is 10.0 Å². The Morgan fingerprint density at radius 3 is 2.34 bits per heavy atom. The lowest BCUT2D eigenvalue weighted by atomic mass is 9.95. The van der Waals surface area contributed by atoms with Crippen molar-refractivity contribution in [1.82, 2.24) is 14.5 Å². The summed E-state index contributed by atoms with van der Waals surface area (Å²) in [6.45, 7) is 0.171. The summed E-state index contributed by atoms with van der Waals surface area (Å²) in [6, 6.07) is 6.86. The standard InChI is InChI=1S/C20H24F3N3O2S/c21-20(22,23)19-17-7-3-4-8-18(17)26(25-19)15-11-9-14(10-12-15)13-24-29(27,28)16-5-1-2-6-16/h9-12,16,24H,1-8,13H2. The molecule has 1 aromatic heterocycles. The third kappa shape index (κ3) is 4.21. The minimum absolute atomic E-state index is 0.171. The third-order valence-electron chi connectivity index (χ3n) is 5.85. The predicted octanol–water partition coefficient (Wildman–Crippen LogP) is 4.13. The molecule has 0 bridgehead atoms. The average Bonchev–Trinajstić information content (AvgIpc) is 3.35. The maximum atomic E-state index is 13.4. The number of fused-ring (bicyclic) bond motifs is 1. The van der Waals surface area contributed by atoms with Gasteiger partial charge in [-0.2, -0.15) is 18.3 Å². The molecule has 5 nitrogen and oxygen atoms in total. The number of rotatable bonds is 5. The number of alkyl halides is 3. The van der Waals surface area contributed by atoms with Crippen LogP contribution in [0.25, 0.3) is 5.69 Å². The molecule has 1 heterocycles. The highest BCUT2D eigenvalue weighted by molar-refractivity contribution is 7.90. The fourth-order valence-electron chi connectivity index (χ4n) is 4.30. The fraction of sp³-hybridized carbons (Fsp3) is 0.550. The van der Waals surface area contributed by atoms with Gasteiger partial charge in [-0.1, -0.05) is 25.0 Å². The molecular formula is C20H24F3N3O2S. The number of sulfonamides is 1. The SMILES string of the molecule is O=S(=O)(NCc1ccc(-n2nc(C(F)(F)F)c3c2CCCC3)cc1)C1CCCC1. The number of nitrogens with one attached hydrogen (secondary N) is 1. The highest BCUT2D eigenvalue weighted by atomic mass is 32.2. The minimum atomic E-state index is -4.47. The summed E-state index contributed by atoms with van der Waals surface area (Å²) in [6.07, 6.45) is 1.35. The molecule has 158 valence electrons. The van der Waals surface area contributed by atoms with E-state index in [0.29, 0.717) is 42.6 Å². The van der Waals surface area contributed by atoms with Crippen LogP contribution in [0.1, 0.15) is 61.0 Å². The number of halogens is 3. The first-order chi connectivity index (χ1) is 13.8. The van der Waals surface area contributed by atoms with Crippen molar-refractivity contribution in [2.45, 2.75) is 69.3 Å². The zero-order chi connectivity index (χ0) is 20.6. The van der Waals surface area contributed by atoms with E-state index in [4.69, 9.17) is 0 Å². The van der Waals surface area contributed by atoms with Crippen molar-refractivity contribution in [1.29, 1.82) is 0 Å². The van der Waals surface area contributed by atoms with Gasteiger partial charge in [-0.05, 0) is 56.2 Å². The predicted molar refractivity (Wildman–Crippen MR) is 103 cm³/mol. The van der Waals surface area contributed by atoms with Crippen molar-refractivity contribution in [3.63, 3.8) is 0 Å². The largest absolute Gasteiger partial charge is 0.435 e. The molecule has 9 heteroatoms. The lowest BCUT2D eigenvalue weighted by Crippen LogP contribution is -2.32. The molecule has 1 N–H and O–H groups in total. The molecule has 2 aliphatic carbocycles. The molecule has 0 unspecified atom stereocenters. The summed E-state index contributed by atoms with van der Waals surface area (Å²) in [4.78, 5) is 0. The highest BCUT2D eigenvalue weighted by Gasteiger charge is 2.39. The van der Waals surface area contributed by atoms with Crippen LogP contribution in [0.5, 0.6) is 0 Å². The second kappa shape index (κ2) is 7.75. The first kappa shape index (κ1) is 20.4. The van der Waals surface area contributed by atoms with Gasteiger partial charge in [0.2, 0.25) is 10.0 Å². The van der Waals surface area contributed by atoms with Crippen LogP contribution < -0.4 is 4.72 Å². The number of hydrogen-bond donors (Lipinski definition) is 1. The van der Waals surface area contributed by atoms with Crippen LogP contribution in [-0.4, -0.2) is 23.4 Å². The van der Waals surface area contributed by atoms with Gasteiger partial charge in [0.15, 0.2) is 5.69 Å². The van der Waals surface area contributed by atoms with E-state index in [0.717, 1.165) is 31.2 Å². The van der Waals surface area contributed by atoms with Gasteiger partial charge >= 0.3 is 6.18 Å². The Kier molecular flexibility index (Phi) is 5.46. The molecule has 0 radical (unpaired) electrons. The summed E-state index contributed by atoms with van der Waals surface area (Å²) in [7, 11) is -3.34. The van der Waals surface area contributed by atoms with E-state index in [1.165, 1.54) is 4.68 Å². The van der Waals surface area contributed by atoms with E-state index in [1.807, 2.05) is 0 Å². The van der Waals surface area contributed by atoms with Gasteiger partial charge in [0.25, 0.3) is 0 Å². The van der Waals surface area contributed by atoms with Crippen LogP contribution in [0.2, 0.25) is 0 Å². The summed E-state index contributed by atoms with van der Waals surface area (Å²) < 4.78 is 68.8. The Labute approximate surface area is 168 Å². The maximum absolute atomic E-state index is 13.4. The fourth-order valence-corrected chi connectivity index (χ4v) is 5.85. The van der Waals surface area contributed by atoms with Crippen LogP contribution in [0, 0.1) is 0 Å². The number of benzene rings is 1. The van der Waals surface area contributed by atoms with Crippen molar-refractivity contribution in [2.75, 3.05) is 0 Å². The summed E-state index contributed by atoms with van der Waals surface area (Å²) in [5, 5.41) is 3.56. The topological polar surface area (TPSA) is 64.0 Å². The molecule has 2 aromatic rings. The molecule has 1 fully saturated rings. The number of hydrogen-bond acceptors (Lipinski definition) is 3. The second-order valence-electron chi connectivity index (χ2n) is 7.83. The average molecular weight is 427 g/mol. The van der Waals surface area contributed by atoms with Crippen LogP contribution >= 0.6 is 0 Å². The molecule has 1 saturated carbocycles. The van der Waals surface area contributed by atoms with Gasteiger partial charge in [-0.25, -0.2) is 17.8 Å². The Bertz CT molecular complexity index is 976. The van der Waals surface area contributed by atoms with E-state index in [9.17, 15) is 21.6 Å². The summed E-state index contributed by atoms with van der Waals surface area (Å²) in [5.41, 5.74) is 1.45. The molecule has 0 atom stereocenters. The third-order valence-corrected chi connectivity index (χ3v) is 7.74. The van der Waals surface area contributed by atoms with E-state index < -0.39 is 21.9 Å². The normalized spacial score (nSPS) is 18.2. The highest BCUT2D eigenvalue weighted by Crippen LogP contribution is 2.36. The van der Waals surface area contributed by atoms with E-state index in [-0.39, 0.29) is 11.8 Å². The first-order valence-corrected chi connectivity index (χ1v) is 11.6. The molecule has 0 spiro atoms. The zero-order valence-electron chi connectivity index (χ0n) is 16.0. The van der Waals surface area contributed by atoms with E-state index in [1.54, 1.807) is 24.3 Å². The summed E-state index contributed by atoms with van der Waals surface area (Å²) >= 11 is 0. The van der Waals surface area contributed by atoms with Gasteiger partial charge in [0.05, 0.1) is 10.9 Å². The minimum Gasteiger partial charge on any atom is -0.237 e. The van der Waals surface area contributed by atoms with Crippen LogP contribution in [0.3, 0.4) is 0 Å². The first-order valence-electron chi connectivity index (χ1n) is 10.0. The monoisotopic (exact) mass is 427 g/mol. The van der Waals surface area contributed by atoms with Gasteiger partial charge in [0.1, 0.15) is 0 Å². The zero-order valence-corrected chi connectivity index (χ0v) is 16.8. The Balaban J connectivity index is 1.53. The molecule has 0 saturated heterocycles. The second-order valence-corrected chi connectivity index (χ2v) is 9.87. The van der Waals surface area contributed by atoms with Crippen LogP contribution in [0.15, 0.2) is 24.3 Å². The van der Waals surface area contributed by atoms with Gasteiger partial charge in [0, 0.05) is 17.8 Å². The molecular weight excluding hydrogens is 403 g/mol. The lowest BCUT2D eigenvalue weighted by molar-refractivity contribution is -0.142. The number of aromatic nitrogens is 2. The van der Waals surface area contributed by atoms with Gasteiger partial charge < -0.3 is 0 Å². The Morgan fingerprint density at radius 1 is 1.03 bits per heavy atom. The molecule has 0 amide bonds. The molecule has 29 heavy (non-hydrogen) atoms. The number of nitrogens with zero attached hydrogens (tertiary/aromatic N) is 2. The van der Waals surface area contributed by atoms with Crippen LogP contribution in [-0.2, 0) is 35.6 Å². The van der Waals surface area contributed by atoms with Gasteiger partial charge in [-0.15, -0.1) is 0 Å². The molecule has 0 aliphatic heterocycles. The van der Waals surface area contributed by atoms with Crippen molar-refractivity contribution in [3.05, 3.63) is 46.8 Å². The van der Waals surface area contributed by atoms with E-state index >= 15 is 0 Å². The summed E-state index contributed by atoms with van der Waals surface area (Å²) in [5.74, 6) is 0. The van der Waals surface area contributed by atoms with Crippen molar-refractivity contribution < 1.29 is 21.6 Å². The van der Waals surface area contributed by atoms with Crippen molar-refractivity contribution in [2.24, 2.45) is 0 Å². The van der Waals surface area contributed by atoms with Crippen LogP contribution in [0.4, 0.5) is 13.2 Å².